The van der Waals surface area contributed by atoms with E-state index in [4.69, 9.17) is 14.9 Å². The van der Waals surface area contributed by atoms with Crippen molar-refractivity contribution in [3.63, 3.8) is 0 Å². The smallest absolute Gasteiger partial charge is 0.119 e. The van der Waals surface area contributed by atoms with E-state index in [1.807, 2.05) is 26.0 Å². The van der Waals surface area contributed by atoms with Gasteiger partial charge in [0, 0.05) is 13.1 Å². The Hall–Kier alpha value is -1.14. The van der Waals surface area contributed by atoms with E-state index in [-0.39, 0.29) is 19.8 Å². The van der Waals surface area contributed by atoms with Gasteiger partial charge in [-0.2, -0.15) is 0 Å². The van der Waals surface area contributed by atoms with E-state index in [0.29, 0.717) is 6.54 Å². The van der Waals surface area contributed by atoms with Gasteiger partial charge in [0.2, 0.25) is 0 Å². The summed E-state index contributed by atoms with van der Waals surface area (Å²) in [5, 5.41) is 30.3. The summed E-state index contributed by atoms with van der Waals surface area (Å²) in [6.07, 6.45) is -1.46. The molecule has 0 amide bonds. The number of aliphatic hydroxyl groups is 3. The molecule has 0 fully saturated rings. The van der Waals surface area contributed by atoms with Gasteiger partial charge in [0.15, 0.2) is 0 Å². The molecule has 0 bridgehead atoms. The minimum Gasteiger partial charge on any atom is -0.491 e. The van der Waals surface area contributed by atoms with Gasteiger partial charge in [-0.1, -0.05) is 6.07 Å². The molecule has 4 N–H and O–H groups in total. The average Bonchev–Trinajstić information content (AvgIpc) is 2.35. The fraction of sp³-hybridized carbons (Fsp3) is 0.571. The molecule has 1 aromatic rings. The molecule has 0 aliphatic heterocycles. The molecule has 0 aliphatic carbocycles. The minimum absolute atomic E-state index is 0.186. The van der Waals surface area contributed by atoms with Crippen LogP contribution in [0.1, 0.15) is 11.1 Å². The van der Waals surface area contributed by atoms with Crippen LogP contribution in [0.5, 0.6) is 5.75 Å². The first-order valence-electron chi connectivity index (χ1n) is 6.40. The largest absolute Gasteiger partial charge is 0.491 e. The van der Waals surface area contributed by atoms with Crippen molar-refractivity contribution in [1.82, 2.24) is 5.32 Å². The molecule has 5 heteroatoms. The van der Waals surface area contributed by atoms with E-state index in [9.17, 15) is 5.11 Å². The fourth-order valence-corrected chi connectivity index (χ4v) is 1.75. The van der Waals surface area contributed by atoms with Gasteiger partial charge in [0.05, 0.1) is 12.7 Å². The van der Waals surface area contributed by atoms with Crippen LogP contribution in [-0.4, -0.2) is 53.8 Å². The molecule has 2 unspecified atom stereocenters. The Morgan fingerprint density at radius 2 is 1.63 bits per heavy atom. The van der Waals surface area contributed by atoms with Crippen molar-refractivity contribution in [2.75, 3.05) is 26.3 Å². The molecular formula is C14H23NO4. The van der Waals surface area contributed by atoms with Gasteiger partial charge in [-0.25, -0.2) is 0 Å². The van der Waals surface area contributed by atoms with Crippen molar-refractivity contribution in [3.05, 3.63) is 29.3 Å². The topological polar surface area (TPSA) is 82.0 Å². The maximum atomic E-state index is 9.70. The third-order valence-electron chi connectivity index (χ3n) is 2.61. The number of nitrogens with one attached hydrogen (secondary N) is 1. The maximum Gasteiger partial charge on any atom is 0.119 e. The quantitative estimate of drug-likeness (QED) is 0.533. The third-order valence-corrected chi connectivity index (χ3v) is 2.61. The number of ether oxygens (including phenoxy) is 1. The summed E-state index contributed by atoms with van der Waals surface area (Å²) in [6.45, 7) is 4.44. The Morgan fingerprint density at radius 1 is 1.05 bits per heavy atom. The summed E-state index contributed by atoms with van der Waals surface area (Å²) >= 11 is 0. The summed E-state index contributed by atoms with van der Waals surface area (Å²) < 4.78 is 5.51. The number of aliphatic hydroxyl groups excluding tert-OH is 3. The standard InChI is InChI=1S/C14H23NO4/c1-10-3-11(2)5-14(4-10)19-9-13(18)7-15-6-12(17)8-16/h3-5,12-13,15-18H,6-9H2,1-2H3. The van der Waals surface area contributed by atoms with E-state index in [1.54, 1.807) is 0 Å². The molecule has 0 aliphatic rings. The van der Waals surface area contributed by atoms with Gasteiger partial charge in [-0.05, 0) is 37.1 Å². The van der Waals surface area contributed by atoms with Gasteiger partial charge in [0.25, 0.3) is 0 Å². The predicted octanol–water partition coefficient (Wildman–Crippen LogP) is -0.0141. The lowest BCUT2D eigenvalue weighted by Gasteiger charge is -2.15. The zero-order valence-electron chi connectivity index (χ0n) is 11.5. The van der Waals surface area contributed by atoms with Crippen molar-refractivity contribution in [2.45, 2.75) is 26.1 Å². The molecule has 0 radical (unpaired) electrons. The minimum atomic E-state index is -0.799. The Bertz CT molecular complexity index is 363. The average molecular weight is 269 g/mol. The number of hydrogen-bond donors (Lipinski definition) is 4. The van der Waals surface area contributed by atoms with Crippen LogP contribution in [0, 0.1) is 13.8 Å². The highest BCUT2D eigenvalue weighted by atomic mass is 16.5. The van der Waals surface area contributed by atoms with Crippen LogP contribution in [0.15, 0.2) is 18.2 Å². The molecule has 0 saturated heterocycles. The Labute approximate surface area is 113 Å². The van der Waals surface area contributed by atoms with Gasteiger partial charge >= 0.3 is 0 Å². The van der Waals surface area contributed by atoms with E-state index in [0.717, 1.165) is 16.9 Å². The Kier molecular flexibility index (Phi) is 6.80. The number of rotatable bonds is 8. The van der Waals surface area contributed by atoms with Gasteiger partial charge in [-0.3, -0.25) is 0 Å². The van der Waals surface area contributed by atoms with E-state index >= 15 is 0 Å². The van der Waals surface area contributed by atoms with Crippen molar-refractivity contribution >= 4 is 0 Å². The highest BCUT2D eigenvalue weighted by molar-refractivity contribution is 5.32. The van der Waals surface area contributed by atoms with Crippen LogP contribution in [0.25, 0.3) is 0 Å². The zero-order valence-corrected chi connectivity index (χ0v) is 11.5. The molecule has 1 rings (SSSR count). The number of benzene rings is 1. The second-order valence-corrected chi connectivity index (χ2v) is 4.78. The fourth-order valence-electron chi connectivity index (χ4n) is 1.75. The Balaban J connectivity index is 2.27. The highest BCUT2D eigenvalue weighted by Gasteiger charge is 2.07. The molecule has 0 heterocycles. The van der Waals surface area contributed by atoms with Gasteiger partial charge < -0.3 is 25.4 Å². The second-order valence-electron chi connectivity index (χ2n) is 4.78. The first kappa shape index (κ1) is 15.9. The molecule has 0 spiro atoms. The highest BCUT2D eigenvalue weighted by Crippen LogP contribution is 2.16. The molecule has 1 aromatic carbocycles. The summed E-state index contributed by atoms with van der Waals surface area (Å²) in [5.74, 6) is 0.743. The van der Waals surface area contributed by atoms with Crippen LogP contribution in [-0.2, 0) is 0 Å². The van der Waals surface area contributed by atoms with Crippen molar-refractivity contribution in [1.29, 1.82) is 0 Å². The summed E-state index contributed by atoms with van der Waals surface area (Å²) in [5.41, 5.74) is 2.24. The molecular weight excluding hydrogens is 246 g/mol. The lowest BCUT2D eigenvalue weighted by Crippen LogP contribution is -2.37. The van der Waals surface area contributed by atoms with Crippen molar-refractivity contribution in [2.24, 2.45) is 0 Å². The maximum absolute atomic E-state index is 9.70. The summed E-state index contributed by atoms with van der Waals surface area (Å²) in [6, 6.07) is 5.90. The lowest BCUT2D eigenvalue weighted by atomic mass is 10.1. The first-order chi connectivity index (χ1) is 9.01. The molecule has 5 nitrogen and oxygen atoms in total. The normalized spacial score (nSPS) is 14.2. The van der Waals surface area contributed by atoms with E-state index in [1.165, 1.54) is 0 Å². The van der Waals surface area contributed by atoms with Crippen LogP contribution >= 0.6 is 0 Å². The third kappa shape index (κ3) is 6.54. The molecule has 0 saturated carbocycles. The molecule has 19 heavy (non-hydrogen) atoms. The number of hydrogen-bond acceptors (Lipinski definition) is 5. The first-order valence-corrected chi connectivity index (χ1v) is 6.40. The van der Waals surface area contributed by atoms with Gasteiger partial charge in [0.1, 0.15) is 18.5 Å². The van der Waals surface area contributed by atoms with E-state index < -0.39 is 12.2 Å². The van der Waals surface area contributed by atoms with Crippen LogP contribution in [0.2, 0.25) is 0 Å². The molecule has 108 valence electrons. The van der Waals surface area contributed by atoms with Crippen LogP contribution < -0.4 is 10.1 Å². The van der Waals surface area contributed by atoms with Crippen LogP contribution in [0.3, 0.4) is 0 Å². The number of aryl methyl sites for hydroxylation is 2. The van der Waals surface area contributed by atoms with Crippen molar-refractivity contribution in [3.8, 4) is 5.75 Å². The Morgan fingerprint density at radius 3 is 2.21 bits per heavy atom. The monoisotopic (exact) mass is 269 g/mol. The predicted molar refractivity (Wildman–Crippen MR) is 73.4 cm³/mol. The van der Waals surface area contributed by atoms with Crippen molar-refractivity contribution < 1.29 is 20.1 Å². The second kappa shape index (κ2) is 8.12. The summed E-state index contributed by atoms with van der Waals surface area (Å²) in [4.78, 5) is 0. The summed E-state index contributed by atoms with van der Waals surface area (Å²) in [7, 11) is 0. The van der Waals surface area contributed by atoms with Crippen LogP contribution in [0.4, 0.5) is 0 Å². The SMILES string of the molecule is Cc1cc(C)cc(OCC(O)CNCC(O)CO)c1. The lowest BCUT2D eigenvalue weighted by molar-refractivity contribution is 0.0794. The van der Waals surface area contributed by atoms with Gasteiger partial charge in [-0.15, -0.1) is 0 Å². The zero-order chi connectivity index (χ0) is 14.3. The molecule has 0 aromatic heterocycles. The van der Waals surface area contributed by atoms with E-state index in [2.05, 4.69) is 11.4 Å². The molecule has 2 atom stereocenters.